The van der Waals surface area contributed by atoms with Gasteiger partial charge in [0.15, 0.2) is 0 Å². The van der Waals surface area contributed by atoms with Crippen LogP contribution in [0.15, 0.2) is 24.3 Å². The van der Waals surface area contributed by atoms with Gasteiger partial charge < -0.3 is 15.4 Å². The molecule has 1 aromatic rings. The second-order valence-electron chi connectivity index (χ2n) is 8.35. The first-order valence-corrected chi connectivity index (χ1v) is 8.91. The molecule has 4 nitrogen and oxygen atoms in total. The van der Waals surface area contributed by atoms with E-state index in [1.54, 1.807) is 0 Å². The normalized spacial score (nSPS) is 21.4. The first kappa shape index (κ1) is 18.8. The van der Waals surface area contributed by atoms with Crippen LogP contribution in [0.25, 0.3) is 0 Å². The second-order valence-corrected chi connectivity index (χ2v) is 8.35. The number of likely N-dealkylation sites (tertiary alicyclic amines) is 1. The highest BCUT2D eigenvalue weighted by atomic mass is 16.5. The van der Waals surface area contributed by atoms with Gasteiger partial charge in [-0.2, -0.15) is 0 Å². The molecule has 1 aliphatic heterocycles. The molecule has 1 aliphatic rings. The minimum atomic E-state index is -0.545. The van der Waals surface area contributed by atoms with E-state index in [2.05, 4.69) is 20.8 Å². The van der Waals surface area contributed by atoms with E-state index in [1.807, 2.05) is 43.0 Å². The van der Waals surface area contributed by atoms with E-state index in [9.17, 15) is 4.79 Å². The number of benzene rings is 1. The number of hydrogen-bond acceptors (Lipinski definition) is 3. The van der Waals surface area contributed by atoms with Crippen LogP contribution < -0.4 is 10.5 Å². The fourth-order valence-corrected chi connectivity index (χ4v) is 3.11. The maximum atomic E-state index is 13.0. The number of hydrogen-bond donors (Lipinski definition) is 1. The molecule has 0 bridgehead atoms. The molecule has 1 fully saturated rings. The largest absolute Gasteiger partial charge is 0.493 e. The first-order chi connectivity index (χ1) is 11.2. The molecule has 0 aliphatic carbocycles. The molecular formula is C20H32N2O2. The lowest BCUT2D eigenvalue weighted by atomic mass is 9.83. The Morgan fingerprint density at radius 3 is 2.46 bits per heavy atom. The molecule has 1 amide bonds. The predicted octanol–water partition coefficient (Wildman–Crippen LogP) is 3.20. The van der Waals surface area contributed by atoms with Crippen LogP contribution in [0.4, 0.5) is 0 Å². The molecule has 1 atom stereocenters. The van der Waals surface area contributed by atoms with Crippen molar-refractivity contribution in [3.8, 4) is 5.75 Å². The quantitative estimate of drug-likeness (QED) is 0.870. The Morgan fingerprint density at radius 1 is 1.33 bits per heavy atom. The van der Waals surface area contributed by atoms with Crippen LogP contribution in [-0.2, 0) is 10.2 Å². The van der Waals surface area contributed by atoms with Gasteiger partial charge in [-0.15, -0.1) is 0 Å². The average molecular weight is 332 g/mol. The van der Waals surface area contributed by atoms with Gasteiger partial charge in [0.1, 0.15) is 5.75 Å². The first-order valence-electron chi connectivity index (χ1n) is 8.91. The zero-order chi connectivity index (χ0) is 18.0. The summed E-state index contributed by atoms with van der Waals surface area (Å²) in [6.45, 7) is 13.3. The fraction of sp³-hybridized carbons (Fsp3) is 0.650. The van der Waals surface area contributed by atoms with Gasteiger partial charge in [-0.1, -0.05) is 32.9 Å². The van der Waals surface area contributed by atoms with Crippen LogP contribution in [0.1, 0.15) is 46.6 Å². The van der Waals surface area contributed by atoms with Gasteiger partial charge >= 0.3 is 0 Å². The number of carbonyl (C=O) groups is 1. The summed E-state index contributed by atoms with van der Waals surface area (Å²) in [5.74, 6) is 1.53. The van der Waals surface area contributed by atoms with Gasteiger partial charge in [0.2, 0.25) is 5.91 Å². The zero-order valence-electron chi connectivity index (χ0n) is 15.8. The molecule has 0 spiro atoms. The van der Waals surface area contributed by atoms with Crippen molar-refractivity contribution in [3.05, 3.63) is 29.8 Å². The van der Waals surface area contributed by atoms with Crippen molar-refractivity contribution in [1.29, 1.82) is 0 Å². The Balaban J connectivity index is 2.08. The Morgan fingerprint density at radius 2 is 1.96 bits per heavy atom. The minimum Gasteiger partial charge on any atom is -0.493 e. The number of rotatable bonds is 6. The SMILES string of the molecule is CC(C)COc1ccc(C(C)(C)C(=O)N2CCC(C)(CN)C2)cc1. The number of ether oxygens (including phenoxy) is 1. The maximum absolute atomic E-state index is 13.0. The number of amides is 1. The van der Waals surface area contributed by atoms with Crippen LogP contribution in [0, 0.1) is 11.3 Å². The Kier molecular flexibility index (Phi) is 5.59. The summed E-state index contributed by atoms with van der Waals surface area (Å²) in [7, 11) is 0. The van der Waals surface area contributed by atoms with E-state index < -0.39 is 5.41 Å². The lowest BCUT2D eigenvalue weighted by Crippen LogP contribution is -2.43. The summed E-state index contributed by atoms with van der Waals surface area (Å²) in [5, 5.41) is 0. The lowest BCUT2D eigenvalue weighted by Gasteiger charge is -2.31. The van der Waals surface area contributed by atoms with Gasteiger partial charge in [-0.25, -0.2) is 0 Å². The Hall–Kier alpha value is -1.55. The second kappa shape index (κ2) is 7.14. The lowest BCUT2D eigenvalue weighted by molar-refractivity contribution is -0.135. The molecule has 1 heterocycles. The topological polar surface area (TPSA) is 55.6 Å². The molecule has 134 valence electrons. The minimum absolute atomic E-state index is 0.0558. The molecule has 0 radical (unpaired) electrons. The highest BCUT2D eigenvalue weighted by Gasteiger charge is 2.40. The van der Waals surface area contributed by atoms with E-state index in [1.165, 1.54) is 0 Å². The molecule has 1 saturated heterocycles. The van der Waals surface area contributed by atoms with Crippen molar-refractivity contribution >= 4 is 5.91 Å². The molecular weight excluding hydrogens is 300 g/mol. The molecule has 4 heteroatoms. The standard InChI is InChI=1S/C20H32N2O2/c1-15(2)12-24-17-8-6-16(7-9-17)19(3,4)18(23)22-11-10-20(5,13-21)14-22/h6-9,15H,10-14,21H2,1-5H3. The molecule has 1 unspecified atom stereocenters. The monoisotopic (exact) mass is 332 g/mol. The third kappa shape index (κ3) is 4.10. The van der Waals surface area contributed by atoms with E-state index in [4.69, 9.17) is 10.5 Å². The number of nitrogens with two attached hydrogens (primary N) is 1. The van der Waals surface area contributed by atoms with E-state index in [0.717, 1.165) is 30.8 Å². The van der Waals surface area contributed by atoms with Gasteiger partial charge in [0, 0.05) is 13.1 Å². The summed E-state index contributed by atoms with van der Waals surface area (Å²) in [4.78, 5) is 15.0. The zero-order valence-corrected chi connectivity index (χ0v) is 15.8. The third-order valence-corrected chi connectivity index (χ3v) is 5.03. The van der Waals surface area contributed by atoms with Crippen LogP contribution in [0.2, 0.25) is 0 Å². The van der Waals surface area contributed by atoms with Crippen molar-refractivity contribution in [2.75, 3.05) is 26.2 Å². The van der Waals surface area contributed by atoms with Crippen molar-refractivity contribution in [2.45, 2.75) is 46.5 Å². The fourth-order valence-electron chi connectivity index (χ4n) is 3.11. The van der Waals surface area contributed by atoms with Crippen molar-refractivity contribution in [2.24, 2.45) is 17.1 Å². The van der Waals surface area contributed by atoms with Gasteiger partial charge in [0.25, 0.3) is 0 Å². The highest BCUT2D eigenvalue weighted by molar-refractivity contribution is 5.87. The molecule has 2 N–H and O–H groups in total. The molecule has 0 saturated carbocycles. The van der Waals surface area contributed by atoms with E-state index in [0.29, 0.717) is 19.1 Å². The Bertz CT molecular complexity index is 566. The van der Waals surface area contributed by atoms with Crippen LogP contribution in [-0.4, -0.2) is 37.0 Å². The number of carbonyl (C=O) groups excluding carboxylic acids is 1. The van der Waals surface area contributed by atoms with Crippen LogP contribution in [0.3, 0.4) is 0 Å². The molecule has 24 heavy (non-hydrogen) atoms. The summed E-state index contributed by atoms with van der Waals surface area (Å²) in [6, 6.07) is 7.93. The predicted molar refractivity (Wildman–Crippen MR) is 98.2 cm³/mol. The van der Waals surface area contributed by atoms with Crippen LogP contribution >= 0.6 is 0 Å². The smallest absolute Gasteiger partial charge is 0.232 e. The maximum Gasteiger partial charge on any atom is 0.232 e. The summed E-state index contributed by atoms with van der Waals surface area (Å²) < 4.78 is 5.73. The van der Waals surface area contributed by atoms with Crippen molar-refractivity contribution in [1.82, 2.24) is 4.90 Å². The van der Waals surface area contributed by atoms with Gasteiger partial charge in [-0.3, -0.25) is 4.79 Å². The van der Waals surface area contributed by atoms with Crippen molar-refractivity contribution in [3.63, 3.8) is 0 Å². The Labute approximate surface area is 146 Å². The summed E-state index contributed by atoms with van der Waals surface area (Å²) in [5.41, 5.74) is 6.39. The summed E-state index contributed by atoms with van der Waals surface area (Å²) >= 11 is 0. The third-order valence-electron chi connectivity index (χ3n) is 5.03. The van der Waals surface area contributed by atoms with Crippen LogP contribution in [0.5, 0.6) is 5.75 Å². The molecule has 2 rings (SSSR count). The van der Waals surface area contributed by atoms with Crippen molar-refractivity contribution < 1.29 is 9.53 Å². The van der Waals surface area contributed by atoms with Gasteiger partial charge in [-0.05, 0) is 55.8 Å². The average Bonchev–Trinajstić information content (AvgIpc) is 2.95. The number of nitrogens with zero attached hydrogens (tertiary/aromatic N) is 1. The molecule has 1 aromatic carbocycles. The van der Waals surface area contributed by atoms with E-state index >= 15 is 0 Å². The van der Waals surface area contributed by atoms with Gasteiger partial charge in [0.05, 0.1) is 12.0 Å². The highest BCUT2D eigenvalue weighted by Crippen LogP contribution is 2.34. The summed E-state index contributed by atoms with van der Waals surface area (Å²) in [6.07, 6.45) is 0.979. The van der Waals surface area contributed by atoms with E-state index in [-0.39, 0.29) is 11.3 Å². The molecule has 0 aromatic heterocycles.